The Kier molecular flexibility index (Phi) is 5.61. The molecule has 1 atom stereocenters. The molecule has 4 nitrogen and oxygen atoms in total. The van der Waals surface area contributed by atoms with Crippen molar-refractivity contribution in [3.63, 3.8) is 0 Å². The van der Waals surface area contributed by atoms with Crippen LogP contribution in [0.15, 0.2) is 48.5 Å². The van der Waals surface area contributed by atoms with Gasteiger partial charge in [-0.2, -0.15) is 0 Å². The summed E-state index contributed by atoms with van der Waals surface area (Å²) >= 11 is 0. The van der Waals surface area contributed by atoms with E-state index in [0.29, 0.717) is 19.2 Å². The van der Waals surface area contributed by atoms with Crippen molar-refractivity contribution in [2.75, 3.05) is 19.7 Å². The predicted molar refractivity (Wildman–Crippen MR) is 101 cm³/mol. The lowest BCUT2D eigenvalue weighted by Crippen LogP contribution is -2.37. The number of hydrogen-bond acceptors (Lipinski definition) is 3. The number of hydrogen-bond donors (Lipinski definition) is 2. The van der Waals surface area contributed by atoms with Gasteiger partial charge in [0, 0.05) is 18.5 Å². The molecule has 2 aromatic rings. The van der Waals surface area contributed by atoms with Gasteiger partial charge in [-0.15, -0.1) is 12.4 Å². The van der Waals surface area contributed by atoms with E-state index in [9.17, 15) is 4.79 Å². The molecule has 0 bridgehead atoms. The Morgan fingerprint density at radius 1 is 1.08 bits per heavy atom. The van der Waals surface area contributed by atoms with Gasteiger partial charge in [0.15, 0.2) is 0 Å². The third-order valence-corrected chi connectivity index (χ3v) is 5.00. The van der Waals surface area contributed by atoms with E-state index in [1.807, 2.05) is 12.1 Å². The maximum Gasteiger partial charge on any atom is 0.407 e. The Morgan fingerprint density at radius 2 is 1.72 bits per heavy atom. The van der Waals surface area contributed by atoms with Crippen LogP contribution in [0.3, 0.4) is 0 Å². The summed E-state index contributed by atoms with van der Waals surface area (Å²) in [5, 5.41) is 6.24. The molecule has 1 aliphatic carbocycles. The summed E-state index contributed by atoms with van der Waals surface area (Å²) in [7, 11) is 0. The number of nitrogens with one attached hydrogen (secondary N) is 2. The van der Waals surface area contributed by atoms with E-state index < -0.39 is 0 Å². The number of carbonyl (C=O) groups is 1. The molecular formula is C20H23ClN2O2. The summed E-state index contributed by atoms with van der Waals surface area (Å²) in [5.74, 6) is 0.118. The lowest BCUT2D eigenvalue weighted by atomic mass is 9.98. The normalized spacial score (nSPS) is 18.2. The molecule has 0 radical (unpaired) electrons. The minimum absolute atomic E-state index is 0. The van der Waals surface area contributed by atoms with Gasteiger partial charge in [-0.25, -0.2) is 4.79 Å². The van der Waals surface area contributed by atoms with Crippen molar-refractivity contribution in [1.82, 2.24) is 10.6 Å². The second-order valence-electron chi connectivity index (χ2n) is 6.50. The van der Waals surface area contributed by atoms with Crippen molar-refractivity contribution in [2.24, 2.45) is 0 Å². The molecule has 25 heavy (non-hydrogen) atoms. The molecule has 4 rings (SSSR count). The zero-order valence-corrected chi connectivity index (χ0v) is 14.9. The van der Waals surface area contributed by atoms with Gasteiger partial charge in [0.2, 0.25) is 0 Å². The molecular weight excluding hydrogens is 336 g/mol. The summed E-state index contributed by atoms with van der Waals surface area (Å²) in [4.78, 5) is 12.0. The average Bonchev–Trinajstić information content (AvgIpc) is 3.25. The molecule has 2 aliphatic rings. The van der Waals surface area contributed by atoms with Crippen molar-refractivity contribution in [1.29, 1.82) is 0 Å². The standard InChI is InChI=1S/C20H22N2O2.ClH/c23-20(22-12-14-6-5-11-21-14)24-13-19-17-9-3-1-7-15(17)16-8-2-4-10-18(16)19;/h1-4,7-10,14,19,21H,5-6,11-13H2,(H,22,23);1H/t14-;/m1./s1. The van der Waals surface area contributed by atoms with Crippen LogP contribution in [0.1, 0.15) is 29.9 Å². The fraction of sp³-hybridized carbons (Fsp3) is 0.350. The van der Waals surface area contributed by atoms with Gasteiger partial charge in [-0.3, -0.25) is 0 Å². The van der Waals surface area contributed by atoms with Crippen LogP contribution in [-0.2, 0) is 4.74 Å². The molecule has 1 fully saturated rings. The zero-order valence-electron chi connectivity index (χ0n) is 14.0. The maximum absolute atomic E-state index is 12.0. The van der Waals surface area contributed by atoms with E-state index in [-0.39, 0.29) is 24.4 Å². The monoisotopic (exact) mass is 358 g/mol. The quantitative estimate of drug-likeness (QED) is 0.876. The van der Waals surface area contributed by atoms with Gasteiger partial charge in [0.25, 0.3) is 0 Å². The third kappa shape index (κ3) is 3.65. The van der Waals surface area contributed by atoms with Gasteiger partial charge in [0.1, 0.15) is 6.61 Å². The summed E-state index contributed by atoms with van der Waals surface area (Å²) in [6, 6.07) is 17.1. The first-order valence-electron chi connectivity index (χ1n) is 8.65. The number of rotatable bonds is 4. The largest absolute Gasteiger partial charge is 0.449 e. The lowest BCUT2D eigenvalue weighted by Gasteiger charge is -2.16. The molecule has 0 unspecified atom stereocenters. The molecule has 2 N–H and O–H groups in total. The molecule has 1 saturated heterocycles. The minimum atomic E-state index is -0.328. The molecule has 0 aromatic heterocycles. The Hall–Kier alpha value is -2.04. The number of benzene rings is 2. The zero-order chi connectivity index (χ0) is 16.4. The van der Waals surface area contributed by atoms with E-state index in [1.165, 1.54) is 28.7 Å². The summed E-state index contributed by atoms with van der Waals surface area (Å²) in [5.41, 5.74) is 4.97. The minimum Gasteiger partial charge on any atom is -0.449 e. The smallest absolute Gasteiger partial charge is 0.407 e. The van der Waals surface area contributed by atoms with Gasteiger partial charge in [-0.05, 0) is 41.6 Å². The Morgan fingerprint density at radius 3 is 2.32 bits per heavy atom. The second kappa shape index (κ2) is 7.89. The third-order valence-electron chi connectivity index (χ3n) is 5.00. The fourth-order valence-corrected chi connectivity index (χ4v) is 3.79. The molecule has 2 aromatic carbocycles. The second-order valence-corrected chi connectivity index (χ2v) is 6.50. The average molecular weight is 359 g/mol. The number of amides is 1. The number of carbonyl (C=O) groups excluding carboxylic acids is 1. The summed E-state index contributed by atoms with van der Waals surface area (Å²) < 4.78 is 5.52. The van der Waals surface area contributed by atoms with E-state index in [2.05, 4.69) is 47.0 Å². The molecule has 5 heteroatoms. The van der Waals surface area contributed by atoms with Gasteiger partial charge in [0.05, 0.1) is 0 Å². The Labute approximate surface area is 154 Å². The van der Waals surface area contributed by atoms with Crippen LogP contribution in [0.5, 0.6) is 0 Å². The van der Waals surface area contributed by atoms with Crippen LogP contribution < -0.4 is 10.6 Å². The number of ether oxygens (including phenoxy) is 1. The van der Waals surface area contributed by atoms with Crippen molar-refractivity contribution in [3.8, 4) is 11.1 Å². The maximum atomic E-state index is 12.0. The SMILES string of the molecule is Cl.O=C(NC[C@H]1CCCN1)OCC1c2ccccc2-c2ccccc21. The number of alkyl carbamates (subject to hydrolysis) is 1. The number of fused-ring (bicyclic) bond motifs is 3. The van der Waals surface area contributed by atoms with E-state index >= 15 is 0 Å². The van der Waals surface area contributed by atoms with Crippen molar-refractivity contribution in [2.45, 2.75) is 24.8 Å². The Bertz CT molecular complexity index is 698. The summed E-state index contributed by atoms with van der Waals surface area (Å²) in [6.45, 7) is 2.05. The molecule has 0 saturated carbocycles. The number of halogens is 1. The molecule has 1 amide bonds. The van der Waals surface area contributed by atoms with Crippen LogP contribution >= 0.6 is 12.4 Å². The first-order chi connectivity index (χ1) is 11.8. The van der Waals surface area contributed by atoms with E-state index in [0.717, 1.165) is 13.0 Å². The first-order valence-corrected chi connectivity index (χ1v) is 8.65. The highest BCUT2D eigenvalue weighted by atomic mass is 35.5. The highest BCUT2D eigenvalue weighted by molar-refractivity contribution is 5.85. The van der Waals surface area contributed by atoms with Gasteiger partial charge < -0.3 is 15.4 Å². The predicted octanol–water partition coefficient (Wildman–Crippen LogP) is 3.70. The highest BCUT2D eigenvalue weighted by Gasteiger charge is 2.29. The van der Waals surface area contributed by atoms with Gasteiger partial charge in [-0.1, -0.05) is 48.5 Å². The van der Waals surface area contributed by atoms with Crippen molar-refractivity contribution in [3.05, 3.63) is 59.7 Å². The fourth-order valence-electron chi connectivity index (χ4n) is 3.79. The summed E-state index contributed by atoms with van der Waals surface area (Å²) in [6.07, 6.45) is 1.96. The molecule has 1 heterocycles. The van der Waals surface area contributed by atoms with Crippen LogP contribution in [0.25, 0.3) is 11.1 Å². The lowest BCUT2D eigenvalue weighted by molar-refractivity contribution is 0.142. The van der Waals surface area contributed by atoms with E-state index in [1.54, 1.807) is 0 Å². The molecule has 1 aliphatic heterocycles. The first kappa shape index (κ1) is 17.8. The van der Waals surface area contributed by atoms with E-state index in [4.69, 9.17) is 4.74 Å². The molecule has 0 spiro atoms. The topological polar surface area (TPSA) is 50.4 Å². The van der Waals surface area contributed by atoms with Crippen molar-refractivity contribution < 1.29 is 9.53 Å². The van der Waals surface area contributed by atoms with Crippen LogP contribution in [0.4, 0.5) is 4.79 Å². The Balaban J connectivity index is 0.00000182. The molecule has 132 valence electrons. The van der Waals surface area contributed by atoms with Crippen LogP contribution in [-0.4, -0.2) is 31.8 Å². The van der Waals surface area contributed by atoms with Crippen LogP contribution in [0.2, 0.25) is 0 Å². The van der Waals surface area contributed by atoms with Crippen LogP contribution in [0, 0.1) is 0 Å². The van der Waals surface area contributed by atoms with Crippen molar-refractivity contribution >= 4 is 18.5 Å². The highest BCUT2D eigenvalue weighted by Crippen LogP contribution is 2.44. The van der Waals surface area contributed by atoms with Gasteiger partial charge >= 0.3 is 6.09 Å².